The Balaban J connectivity index is 1.62. The standard InChI is InChI=1S/C20H21N3O2S/c1-12-7-13(2)9-17(8-12)25-11-18-22-23-20(26-18)21-19(24)16-6-5-14(3)15(4)10-16/h5-10H,11H2,1-4H3,(H,21,23,24). The average molecular weight is 367 g/mol. The van der Waals surface area contributed by atoms with E-state index in [1.165, 1.54) is 11.3 Å². The van der Waals surface area contributed by atoms with Crippen molar-refractivity contribution in [2.24, 2.45) is 0 Å². The molecular formula is C20H21N3O2S. The van der Waals surface area contributed by atoms with E-state index in [2.05, 4.69) is 21.6 Å². The van der Waals surface area contributed by atoms with Crippen molar-refractivity contribution < 1.29 is 9.53 Å². The Morgan fingerprint density at radius 3 is 2.42 bits per heavy atom. The Bertz CT molecular complexity index is 930. The highest BCUT2D eigenvalue weighted by molar-refractivity contribution is 7.15. The molecule has 0 bridgehead atoms. The second kappa shape index (κ2) is 7.66. The molecule has 0 fully saturated rings. The molecule has 3 aromatic rings. The van der Waals surface area contributed by atoms with E-state index in [0.29, 0.717) is 22.3 Å². The van der Waals surface area contributed by atoms with Crippen LogP contribution in [0, 0.1) is 27.7 Å². The van der Waals surface area contributed by atoms with Gasteiger partial charge in [0.05, 0.1) is 0 Å². The van der Waals surface area contributed by atoms with Gasteiger partial charge in [0, 0.05) is 5.56 Å². The number of hydrogen-bond donors (Lipinski definition) is 1. The third-order valence-electron chi connectivity index (χ3n) is 4.01. The first-order valence-corrected chi connectivity index (χ1v) is 9.14. The minimum absolute atomic E-state index is 0.189. The van der Waals surface area contributed by atoms with Gasteiger partial charge in [-0.3, -0.25) is 10.1 Å². The van der Waals surface area contributed by atoms with Crippen LogP contribution in [0.2, 0.25) is 0 Å². The molecule has 0 saturated carbocycles. The van der Waals surface area contributed by atoms with Crippen molar-refractivity contribution in [2.45, 2.75) is 34.3 Å². The second-order valence-corrected chi connectivity index (χ2v) is 7.43. The van der Waals surface area contributed by atoms with Crippen LogP contribution in [0.1, 0.15) is 37.6 Å². The van der Waals surface area contributed by atoms with Gasteiger partial charge in [0.15, 0.2) is 5.01 Å². The highest BCUT2D eigenvalue weighted by atomic mass is 32.1. The number of amides is 1. The Labute approximate surface area is 157 Å². The number of benzene rings is 2. The first-order valence-electron chi connectivity index (χ1n) is 8.33. The molecule has 1 heterocycles. The molecule has 6 heteroatoms. The number of carbonyl (C=O) groups excluding carboxylic acids is 1. The zero-order valence-electron chi connectivity index (χ0n) is 15.3. The van der Waals surface area contributed by atoms with Gasteiger partial charge in [-0.25, -0.2) is 0 Å². The van der Waals surface area contributed by atoms with Crippen LogP contribution in [0.4, 0.5) is 5.13 Å². The molecule has 0 radical (unpaired) electrons. The lowest BCUT2D eigenvalue weighted by molar-refractivity contribution is 0.102. The first-order chi connectivity index (χ1) is 12.4. The summed E-state index contributed by atoms with van der Waals surface area (Å²) in [5.74, 6) is 0.615. The topological polar surface area (TPSA) is 64.1 Å². The van der Waals surface area contributed by atoms with Gasteiger partial charge in [-0.15, -0.1) is 10.2 Å². The summed E-state index contributed by atoms with van der Waals surface area (Å²) < 4.78 is 5.78. The minimum atomic E-state index is -0.189. The molecule has 0 aliphatic heterocycles. The molecule has 3 rings (SSSR count). The molecule has 134 valence electrons. The van der Waals surface area contributed by atoms with Gasteiger partial charge in [0.1, 0.15) is 12.4 Å². The van der Waals surface area contributed by atoms with E-state index in [4.69, 9.17) is 4.74 Å². The molecule has 0 aliphatic rings. The van der Waals surface area contributed by atoms with Crippen LogP contribution in [0.5, 0.6) is 5.75 Å². The van der Waals surface area contributed by atoms with Crippen molar-refractivity contribution in [3.05, 3.63) is 69.2 Å². The van der Waals surface area contributed by atoms with E-state index in [-0.39, 0.29) is 5.91 Å². The number of rotatable bonds is 5. The average Bonchev–Trinajstić information content (AvgIpc) is 3.02. The predicted molar refractivity (Wildman–Crippen MR) is 104 cm³/mol. The number of anilines is 1. The molecule has 0 atom stereocenters. The summed E-state index contributed by atoms with van der Waals surface area (Å²) in [4.78, 5) is 12.3. The van der Waals surface area contributed by atoms with Crippen LogP contribution >= 0.6 is 11.3 Å². The summed E-state index contributed by atoms with van der Waals surface area (Å²) in [5, 5.41) is 12.1. The van der Waals surface area contributed by atoms with E-state index in [1.54, 1.807) is 0 Å². The third-order valence-corrected chi connectivity index (χ3v) is 4.83. The van der Waals surface area contributed by atoms with Crippen molar-refractivity contribution in [2.75, 3.05) is 5.32 Å². The monoisotopic (exact) mass is 367 g/mol. The molecular weight excluding hydrogens is 346 g/mol. The predicted octanol–water partition coefficient (Wildman–Crippen LogP) is 4.60. The lowest BCUT2D eigenvalue weighted by atomic mass is 10.1. The summed E-state index contributed by atoms with van der Waals surface area (Å²) in [6.45, 7) is 8.39. The van der Waals surface area contributed by atoms with Crippen LogP contribution in [0.3, 0.4) is 0 Å². The Morgan fingerprint density at radius 2 is 1.73 bits per heavy atom. The highest BCUT2D eigenvalue weighted by Gasteiger charge is 2.11. The van der Waals surface area contributed by atoms with E-state index >= 15 is 0 Å². The van der Waals surface area contributed by atoms with Gasteiger partial charge in [-0.05, 0) is 74.2 Å². The molecule has 1 N–H and O–H groups in total. The van der Waals surface area contributed by atoms with Crippen LogP contribution < -0.4 is 10.1 Å². The summed E-state index contributed by atoms with van der Waals surface area (Å²) in [7, 11) is 0. The van der Waals surface area contributed by atoms with Crippen LogP contribution in [-0.4, -0.2) is 16.1 Å². The molecule has 0 spiro atoms. The summed E-state index contributed by atoms with van der Waals surface area (Å²) >= 11 is 1.31. The zero-order valence-corrected chi connectivity index (χ0v) is 16.1. The number of carbonyl (C=O) groups is 1. The van der Waals surface area contributed by atoms with Crippen LogP contribution in [-0.2, 0) is 6.61 Å². The lowest BCUT2D eigenvalue weighted by Crippen LogP contribution is -2.12. The van der Waals surface area contributed by atoms with Gasteiger partial charge in [0.25, 0.3) is 5.91 Å². The highest BCUT2D eigenvalue weighted by Crippen LogP contribution is 2.21. The number of nitrogens with one attached hydrogen (secondary N) is 1. The van der Waals surface area contributed by atoms with E-state index in [1.807, 2.05) is 58.0 Å². The third kappa shape index (κ3) is 4.46. The number of ether oxygens (including phenoxy) is 1. The first kappa shape index (κ1) is 18.1. The smallest absolute Gasteiger partial charge is 0.257 e. The maximum absolute atomic E-state index is 12.3. The van der Waals surface area contributed by atoms with Gasteiger partial charge >= 0.3 is 0 Å². The normalized spacial score (nSPS) is 10.6. The number of aromatic nitrogens is 2. The molecule has 0 saturated heterocycles. The van der Waals surface area contributed by atoms with Crippen molar-refractivity contribution in [3.63, 3.8) is 0 Å². The van der Waals surface area contributed by atoms with Crippen LogP contribution in [0.25, 0.3) is 0 Å². The fourth-order valence-electron chi connectivity index (χ4n) is 2.58. The van der Waals surface area contributed by atoms with Gasteiger partial charge in [0.2, 0.25) is 5.13 Å². The van der Waals surface area contributed by atoms with Crippen LogP contribution in [0.15, 0.2) is 36.4 Å². The Morgan fingerprint density at radius 1 is 1.00 bits per heavy atom. The Hall–Kier alpha value is -2.73. The number of hydrogen-bond acceptors (Lipinski definition) is 5. The molecule has 5 nitrogen and oxygen atoms in total. The Kier molecular flexibility index (Phi) is 5.32. The summed E-state index contributed by atoms with van der Waals surface area (Å²) in [5.41, 5.74) is 5.15. The minimum Gasteiger partial charge on any atom is -0.486 e. The lowest BCUT2D eigenvalue weighted by Gasteiger charge is -2.06. The zero-order chi connectivity index (χ0) is 18.7. The fourth-order valence-corrected chi connectivity index (χ4v) is 3.22. The SMILES string of the molecule is Cc1cc(C)cc(OCc2nnc(NC(=O)c3ccc(C)c(C)c3)s2)c1. The largest absolute Gasteiger partial charge is 0.486 e. The molecule has 1 amide bonds. The molecule has 2 aromatic carbocycles. The summed E-state index contributed by atoms with van der Waals surface area (Å²) in [6, 6.07) is 11.7. The van der Waals surface area contributed by atoms with E-state index < -0.39 is 0 Å². The molecule has 0 aliphatic carbocycles. The maximum Gasteiger partial charge on any atom is 0.257 e. The summed E-state index contributed by atoms with van der Waals surface area (Å²) in [6.07, 6.45) is 0. The number of nitrogens with zero attached hydrogens (tertiary/aromatic N) is 2. The van der Waals surface area contributed by atoms with Gasteiger partial charge in [-0.2, -0.15) is 0 Å². The maximum atomic E-state index is 12.3. The van der Waals surface area contributed by atoms with E-state index in [9.17, 15) is 4.79 Å². The second-order valence-electron chi connectivity index (χ2n) is 6.37. The van der Waals surface area contributed by atoms with Gasteiger partial charge < -0.3 is 4.74 Å². The van der Waals surface area contributed by atoms with Crippen molar-refractivity contribution in [1.82, 2.24) is 10.2 Å². The number of aryl methyl sites for hydroxylation is 4. The fraction of sp³-hybridized carbons (Fsp3) is 0.250. The molecule has 26 heavy (non-hydrogen) atoms. The van der Waals surface area contributed by atoms with E-state index in [0.717, 1.165) is 28.0 Å². The molecule has 0 unspecified atom stereocenters. The van der Waals surface area contributed by atoms with Gasteiger partial charge in [-0.1, -0.05) is 23.5 Å². The van der Waals surface area contributed by atoms with Crippen molar-refractivity contribution >= 4 is 22.4 Å². The van der Waals surface area contributed by atoms with Crippen molar-refractivity contribution in [1.29, 1.82) is 0 Å². The van der Waals surface area contributed by atoms with Crippen molar-refractivity contribution in [3.8, 4) is 5.75 Å². The molecule has 1 aromatic heterocycles. The quantitative estimate of drug-likeness (QED) is 0.716.